The SMILES string of the molecule is CCCCCCCCCC(CCCCCCCCCC/C=C\CCCCCC(=O)O)N(C)C. The van der Waals surface area contributed by atoms with Gasteiger partial charge in [-0.2, -0.15) is 0 Å². The van der Waals surface area contributed by atoms with Gasteiger partial charge in [0.05, 0.1) is 0 Å². The second kappa shape index (κ2) is 25.8. The van der Waals surface area contributed by atoms with Crippen LogP contribution in [0.25, 0.3) is 0 Å². The summed E-state index contributed by atoms with van der Waals surface area (Å²) in [5.41, 5.74) is 0. The molecule has 0 fully saturated rings. The maximum Gasteiger partial charge on any atom is 0.303 e. The first kappa shape index (κ1) is 32.2. The van der Waals surface area contributed by atoms with Gasteiger partial charge in [-0.05, 0) is 59.0 Å². The maximum absolute atomic E-state index is 10.4. The van der Waals surface area contributed by atoms with Gasteiger partial charge >= 0.3 is 5.97 Å². The third-order valence-corrected chi connectivity index (χ3v) is 6.96. The van der Waals surface area contributed by atoms with E-state index in [1.165, 1.54) is 116 Å². The molecule has 3 heteroatoms. The number of nitrogens with zero attached hydrogens (tertiary/aromatic N) is 1. The molecule has 0 aromatic heterocycles. The summed E-state index contributed by atoms with van der Waals surface area (Å²) < 4.78 is 0. The summed E-state index contributed by atoms with van der Waals surface area (Å²) in [6.07, 6.45) is 34.0. The molecule has 0 heterocycles. The third-order valence-electron chi connectivity index (χ3n) is 6.96. The Morgan fingerprint density at radius 2 is 1.03 bits per heavy atom. The first-order valence-corrected chi connectivity index (χ1v) is 14.6. The molecular weight excluding hydrogens is 406 g/mol. The van der Waals surface area contributed by atoms with E-state index in [0.717, 1.165) is 31.7 Å². The average molecular weight is 466 g/mol. The summed E-state index contributed by atoms with van der Waals surface area (Å²) in [4.78, 5) is 12.9. The normalized spacial score (nSPS) is 12.7. The monoisotopic (exact) mass is 465 g/mol. The number of carbonyl (C=O) groups is 1. The first-order chi connectivity index (χ1) is 16.1. The fourth-order valence-electron chi connectivity index (χ4n) is 4.65. The van der Waals surface area contributed by atoms with Gasteiger partial charge in [0.1, 0.15) is 0 Å². The molecular formula is C30H59NO2. The number of aliphatic carboxylic acids is 1. The van der Waals surface area contributed by atoms with Crippen LogP contribution in [-0.4, -0.2) is 36.1 Å². The van der Waals surface area contributed by atoms with Crippen molar-refractivity contribution in [1.82, 2.24) is 4.90 Å². The summed E-state index contributed by atoms with van der Waals surface area (Å²) in [6, 6.07) is 0.790. The molecule has 1 unspecified atom stereocenters. The van der Waals surface area contributed by atoms with Gasteiger partial charge in [-0.1, -0.05) is 115 Å². The minimum absolute atomic E-state index is 0.319. The molecule has 0 amide bonds. The molecule has 0 rings (SSSR count). The van der Waals surface area contributed by atoms with Gasteiger partial charge in [0, 0.05) is 12.5 Å². The maximum atomic E-state index is 10.4. The highest BCUT2D eigenvalue weighted by Crippen LogP contribution is 2.17. The van der Waals surface area contributed by atoms with Crippen LogP contribution in [0.2, 0.25) is 0 Å². The molecule has 0 radical (unpaired) electrons. The van der Waals surface area contributed by atoms with E-state index in [9.17, 15) is 4.79 Å². The minimum atomic E-state index is -0.669. The molecule has 3 nitrogen and oxygen atoms in total. The van der Waals surface area contributed by atoms with Crippen LogP contribution in [0.3, 0.4) is 0 Å². The number of allylic oxidation sites excluding steroid dienone is 2. The van der Waals surface area contributed by atoms with E-state index < -0.39 is 5.97 Å². The molecule has 0 aliphatic rings. The van der Waals surface area contributed by atoms with Crippen molar-refractivity contribution in [1.29, 1.82) is 0 Å². The van der Waals surface area contributed by atoms with E-state index in [0.29, 0.717) is 6.42 Å². The van der Waals surface area contributed by atoms with Crippen molar-refractivity contribution in [3.63, 3.8) is 0 Å². The van der Waals surface area contributed by atoms with Crippen LogP contribution in [-0.2, 0) is 4.79 Å². The van der Waals surface area contributed by atoms with Crippen molar-refractivity contribution in [3.8, 4) is 0 Å². The fourth-order valence-corrected chi connectivity index (χ4v) is 4.65. The summed E-state index contributed by atoms with van der Waals surface area (Å²) in [7, 11) is 4.53. The smallest absolute Gasteiger partial charge is 0.303 e. The number of rotatable bonds is 26. The van der Waals surface area contributed by atoms with E-state index >= 15 is 0 Å². The van der Waals surface area contributed by atoms with Crippen LogP contribution in [0, 0.1) is 0 Å². The van der Waals surface area contributed by atoms with Crippen molar-refractivity contribution >= 4 is 5.97 Å². The molecule has 0 spiro atoms. The van der Waals surface area contributed by atoms with Crippen LogP contribution < -0.4 is 0 Å². The Morgan fingerprint density at radius 1 is 0.636 bits per heavy atom. The molecule has 1 N–H and O–H groups in total. The standard InChI is InChI=1S/C30H59NO2/c1-4-5-6-7-17-20-23-26-29(31(2)3)27-24-21-18-15-13-11-9-8-10-12-14-16-19-22-25-28-30(32)33/h12,14,29H,4-11,13,15-28H2,1-3H3,(H,32,33)/b14-12-. The molecule has 0 aromatic rings. The molecule has 1 atom stereocenters. The predicted molar refractivity (Wildman–Crippen MR) is 146 cm³/mol. The molecule has 0 bridgehead atoms. The molecule has 0 aliphatic heterocycles. The van der Waals surface area contributed by atoms with Crippen LogP contribution in [0.15, 0.2) is 12.2 Å². The van der Waals surface area contributed by atoms with E-state index in [1.807, 2.05) is 0 Å². The van der Waals surface area contributed by atoms with Crippen molar-refractivity contribution in [3.05, 3.63) is 12.2 Å². The van der Waals surface area contributed by atoms with Gasteiger partial charge in [-0.25, -0.2) is 0 Å². The van der Waals surface area contributed by atoms with Crippen molar-refractivity contribution < 1.29 is 9.90 Å². The van der Waals surface area contributed by atoms with Gasteiger partial charge in [-0.3, -0.25) is 4.79 Å². The first-order valence-electron chi connectivity index (χ1n) is 14.6. The lowest BCUT2D eigenvalue weighted by Crippen LogP contribution is -2.27. The number of carboxylic acids is 1. The van der Waals surface area contributed by atoms with E-state index in [4.69, 9.17) is 5.11 Å². The highest BCUT2D eigenvalue weighted by atomic mass is 16.4. The molecule has 0 aliphatic carbocycles. The minimum Gasteiger partial charge on any atom is -0.481 e. The second-order valence-corrected chi connectivity index (χ2v) is 10.4. The molecule has 0 saturated heterocycles. The zero-order chi connectivity index (χ0) is 24.4. The molecule has 0 aromatic carbocycles. The highest BCUT2D eigenvalue weighted by Gasteiger charge is 2.10. The zero-order valence-electron chi connectivity index (χ0n) is 22.8. The van der Waals surface area contributed by atoms with Crippen molar-refractivity contribution in [2.75, 3.05) is 14.1 Å². The lowest BCUT2D eigenvalue weighted by Gasteiger charge is -2.24. The van der Waals surface area contributed by atoms with E-state index in [-0.39, 0.29) is 0 Å². The van der Waals surface area contributed by atoms with E-state index in [2.05, 4.69) is 38.1 Å². The summed E-state index contributed by atoms with van der Waals surface area (Å²) in [6.45, 7) is 2.29. The summed E-state index contributed by atoms with van der Waals surface area (Å²) in [5, 5.41) is 8.61. The molecule has 33 heavy (non-hydrogen) atoms. The Morgan fingerprint density at radius 3 is 1.45 bits per heavy atom. The fraction of sp³-hybridized carbons (Fsp3) is 0.900. The topological polar surface area (TPSA) is 40.5 Å². The second-order valence-electron chi connectivity index (χ2n) is 10.4. The Balaban J connectivity index is 3.41. The third kappa shape index (κ3) is 25.6. The lowest BCUT2D eigenvalue weighted by atomic mass is 9.99. The Labute approximate surface area is 207 Å². The van der Waals surface area contributed by atoms with Crippen LogP contribution in [0.5, 0.6) is 0 Å². The Hall–Kier alpha value is -0.830. The van der Waals surface area contributed by atoms with Gasteiger partial charge in [0.2, 0.25) is 0 Å². The van der Waals surface area contributed by atoms with Gasteiger partial charge in [0.25, 0.3) is 0 Å². The lowest BCUT2D eigenvalue weighted by molar-refractivity contribution is -0.137. The highest BCUT2D eigenvalue weighted by molar-refractivity contribution is 5.66. The average Bonchev–Trinajstić information content (AvgIpc) is 2.78. The Bertz CT molecular complexity index is 433. The van der Waals surface area contributed by atoms with Gasteiger partial charge in [-0.15, -0.1) is 0 Å². The predicted octanol–water partition coefficient (Wildman–Crippen LogP) is 9.55. The molecule has 0 saturated carbocycles. The quantitative estimate of drug-likeness (QED) is 0.102. The number of carboxylic acid groups (broad SMARTS) is 1. The number of unbranched alkanes of at least 4 members (excludes halogenated alkanes) is 17. The van der Waals surface area contributed by atoms with Crippen molar-refractivity contribution in [2.24, 2.45) is 0 Å². The largest absolute Gasteiger partial charge is 0.481 e. The summed E-state index contributed by atoms with van der Waals surface area (Å²) in [5.74, 6) is -0.669. The Kier molecular flexibility index (Phi) is 25.1. The van der Waals surface area contributed by atoms with Crippen LogP contribution in [0.4, 0.5) is 0 Å². The number of hydrogen-bond acceptors (Lipinski definition) is 2. The zero-order valence-corrected chi connectivity index (χ0v) is 22.8. The van der Waals surface area contributed by atoms with Crippen LogP contribution >= 0.6 is 0 Å². The summed E-state index contributed by atoms with van der Waals surface area (Å²) >= 11 is 0. The van der Waals surface area contributed by atoms with Gasteiger partial charge in [0.15, 0.2) is 0 Å². The molecule has 196 valence electrons. The number of hydrogen-bond donors (Lipinski definition) is 1. The van der Waals surface area contributed by atoms with Crippen LogP contribution in [0.1, 0.15) is 155 Å². The van der Waals surface area contributed by atoms with Gasteiger partial charge < -0.3 is 10.0 Å². The van der Waals surface area contributed by atoms with E-state index in [1.54, 1.807) is 0 Å². The van der Waals surface area contributed by atoms with Crippen molar-refractivity contribution in [2.45, 2.75) is 161 Å².